The first-order valence-electron chi connectivity index (χ1n) is 5.35. The van der Waals surface area contributed by atoms with Crippen LogP contribution in [0.5, 0.6) is 5.75 Å². The highest BCUT2D eigenvalue weighted by Crippen LogP contribution is 2.28. The second-order valence-electron chi connectivity index (χ2n) is 3.74. The number of benzene rings is 1. The lowest BCUT2D eigenvalue weighted by Crippen LogP contribution is -2.04. The lowest BCUT2D eigenvalue weighted by Gasteiger charge is -2.06. The largest absolute Gasteiger partial charge is 0.482 e. The molecule has 0 saturated carbocycles. The molecule has 0 amide bonds. The number of nitro groups is 1. The summed E-state index contributed by atoms with van der Waals surface area (Å²) in [6.07, 6.45) is 1.17. The first-order chi connectivity index (χ1) is 9.49. The molecule has 1 heterocycles. The summed E-state index contributed by atoms with van der Waals surface area (Å²) in [4.78, 5) is 20.8. The van der Waals surface area contributed by atoms with Crippen LogP contribution in [0.25, 0.3) is 0 Å². The Kier molecular flexibility index (Phi) is 3.65. The molecular formula is C12H8FNO6. The number of ether oxygens (including phenoxy) is 1. The SMILES string of the molecule is O=C(O)c1occc1COc1ccc(F)cc1[N+](=O)[O-]. The molecule has 0 aliphatic rings. The smallest absolute Gasteiger partial charge is 0.372 e. The van der Waals surface area contributed by atoms with Gasteiger partial charge in [-0.25, -0.2) is 9.18 Å². The van der Waals surface area contributed by atoms with Crippen molar-refractivity contribution in [1.82, 2.24) is 0 Å². The van der Waals surface area contributed by atoms with Crippen LogP contribution in [0.1, 0.15) is 16.1 Å². The van der Waals surface area contributed by atoms with Gasteiger partial charge in [0.2, 0.25) is 5.76 Å². The van der Waals surface area contributed by atoms with Crippen molar-refractivity contribution in [3.63, 3.8) is 0 Å². The number of hydrogen-bond donors (Lipinski definition) is 1. The van der Waals surface area contributed by atoms with Crippen molar-refractivity contribution >= 4 is 11.7 Å². The number of carbonyl (C=O) groups is 1. The van der Waals surface area contributed by atoms with Gasteiger partial charge in [-0.2, -0.15) is 0 Å². The third-order valence-electron chi connectivity index (χ3n) is 2.44. The molecule has 2 rings (SSSR count). The van der Waals surface area contributed by atoms with Crippen molar-refractivity contribution in [2.75, 3.05) is 0 Å². The zero-order chi connectivity index (χ0) is 14.7. The predicted molar refractivity (Wildman–Crippen MR) is 63.1 cm³/mol. The molecule has 0 unspecified atom stereocenters. The maximum atomic E-state index is 12.9. The van der Waals surface area contributed by atoms with Gasteiger partial charge >= 0.3 is 11.7 Å². The van der Waals surface area contributed by atoms with Gasteiger partial charge in [0, 0.05) is 5.56 Å². The average Bonchev–Trinajstić information content (AvgIpc) is 2.85. The third kappa shape index (κ3) is 2.74. The molecule has 0 spiro atoms. The summed E-state index contributed by atoms with van der Waals surface area (Å²) in [7, 11) is 0. The van der Waals surface area contributed by atoms with Crippen molar-refractivity contribution in [2.24, 2.45) is 0 Å². The number of carboxylic acids is 1. The predicted octanol–water partition coefficient (Wildman–Crippen LogP) is 2.60. The van der Waals surface area contributed by atoms with Crippen LogP contribution in [0.4, 0.5) is 10.1 Å². The molecule has 0 atom stereocenters. The number of aromatic carboxylic acids is 1. The molecule has 2 aromatic rings. The van der Waals surface area contributed by atoms with E-state index in [0.29, 0.717) is 0 Å². The third-order valence-corrected chi connectivity index (χ3v) is 2.44. The van der Waals surface area contributed by atoms with Crippen LogP contribution >= 0.6 is 0 Å². The van der Waals surface area contributed by atoms with E-state index in [-0.39, 0.29) is 23.7 Å². The molecule has 0 saturated heterocycles. The molecule has 1 N–H and O–H groups in total. The van der Waals surface area contributed by atoms with Gasteiger partial charge in [0.05, 0.1) is 17.3 Å². The molecule has 1 aromatic carbocycles. The number of nitro benzene ring substituents is 1. The normalized spacial score (nSPS) is 10.2. The minimum absolute atomic E-state index is 0.158. The highest BCUT2D eigenvalue weighted by Gasteiger charge is 2.19. The van der Waals surface area contributed by atoms with Crippen LogP contribution in [0.15, 0.2) is 34.9 Å². The van der Waals surface area contributed by atoms with Gasteiger partial charge in [0.25, 0.3) is 0 Å². The summed E-state index contributed by atoms with van der Waals surface area (Å²) in [6.45, 7) is -0.245. The van der Waals surface area contributed by atoms with E-state index in [1.165, 1.54) is 12.3 Å². The molecule has 1 aromatic heterocycles. The van der Waals surface area contributed by atoms with E-state index in [1.807, 2.05) is 0 Å². The van der Waals surface area contributed by atoms with Gasteiger partial charge in [-0.3, -0.25) is 10.1 Å². The standard InChI is InChI=1S/C12H8FNO6/c13-8-1-2-10(9(5-8)14(17)18)20-6-7-3-4-19-11(7)12(15)16/h1-5H,6H2,(H,15,16). The van der Waals surface area contributed by atoms with Crippen molar-refractivity contribution < 1.29 is 28.4 Å². The van der Waals surface area contributed by atoms with Gasteiger partial charge in [0.1, 0.15) is 12.4 Å². The Bertz CT molecular complexity index is 666. The van der Waals surface area contributed by atoms with Crippen LogP contribution in [0, 0.1) is 15.9 Å². The van der Waals surface area contributed by atoms with Crippen molar-refractivity contribution in [3.05, 3.63) is 57.8 Å². The molecule has 7 nitrogen and oxygen atoms in total. The highest BCUT2D eigenvalue weighted by molar-refractivity contribution is 5.86. The Morgan fingerprint density at radius 1 is 1.45 bits per heavy atom. The number of rotatable bonds is 5. The number of hydrogen-bond acceptors (Lipinski definition) is 5. The summed E-state index contributed by atoms with van der Waals surface area (Å²) in [5, 5.41) is 19.6. The van der Waals surface area contributed by atoms with Crippen LogP contribution in [-0.4, -0.2) is 16.0 Å². The Morgan fingerprint density at radius 3 is 2.85 bits per heavy atom. The first-order valence-corrected chi connectivity index (χ1v) is 5.35. The first kappa shape index (κ1) is 13.5. The van der Waals surface area contributed by atoms with E-state index < -0.39 is 22.4 Å². The van der Waals surface area contributed by atoms with Gasteiger partial charge in [0.15, 0.2) is 5.75 Å². The quantitative estimate of drug-likeness (QED) is 0.667. The second-order valence-corrected chi connectivity index (χ2v) is 3.74. The van der Waals surface area contributed by atoms with E-state index in [2.05, 4.69) is 0 Å². The van der Waals surface area contributed by atoms with Crippen molar-refractivity contribution in [3.8, 4) is 5.75 Å². The molecule has 8 heteroatoms. The molecule has 0 aliphatic heterocycles. The molecule has 0 bridgehead atoms. The van der Waals surface area contributed by atoms with Gasteiger partial charge in [-0.15, -0.1) is 0 Å². The fourth-order valence-electron chi connectivity index (χ4n) is 1.55. The van der Waals surface area contributed by atoms with Gasteiger partial charge < -0.3 is 14.3 Å². The minimum Gasteiger partial charge on any atom is -0.482 e. The van der Waals surface area contributed by atoms with Crippen molar-refractivity contribution in [2.45, 2.75) is 6.61 Å². The van der Waals surface area contributed by atoms with Crippen LogP contribution in [0.3, 0.4) is 0 Å². The summed E-state index contributed by atoms with van der Waals surface area (Å²) >= 11 is 0. The Labute approximate surface area is 111 Å². The zero-order valence-electron chi connectivity index (χ0n) is 9.91. The average molecular weight is 281 g/mol. The summed E-state index contributed by atoms with van der Waals surface area (Å²) in [6, 6.07) is 4.21. The summed E-state index contributed by atoms with van der Waals surface area (Å²) < 4.78 is 22.8. The monoisotopic (exact) mass is 281 g/mol. The molecule has 104 valence electrons. The Hall–Kier alpha value is -2.90. The van der Waals surface area contributed by atoms with E-state index in [9.17, 15) is 19.3 Å². The van der Waals surface area contributed by atoms with Crippen LogP contribution < -0.4 is 4.74 Å². The fourth-order valence-corrected chi connectivity index (χ4v) is 1.55. The van der Waals surface area contributed by atoms with Crippen molar-refractivity contribution in [1.29, 1.82) is 0 Å². The minimum atomic E-state index is -1.28. The van der Waals surface area contributed by atoms with E-state index in [0.717, 1.165) is 18.2 Å². The molecule has 0 aliphatic carbocycles. The number of furan rings is 1. The zero-order valence-corrected chi connectivity index (χ0v) is 9.91. The molecule has 0 fully saturated rings. The highest BCUT2D eigenvalue weighted by atomic mass is 19.1. The van der Waals surface area contributed by atoms with Crippen LogP contribution in [0.2, 0.25) is 0 Å². The van der Waals surface area contributed by atoms with E-state index in [1.54, 1.807) is 0 Å². The van der Waals surface area contributed by atoms with E-state index >= 15 is 0 Å². The number of carboxylic acid groups (broad SMARTS) is 1. The fraction of sp³-hybridized carbons (Fsp3) is 0.0833. The second kappa shape index (κ2) is 5.39. The number of halogens is 1. The van der Waals surface area contributed by atoms with Crippen LogP contribution in [-0.2, 0) is 6.61 Å². The van der Waals surface area contributed by atoms with Gasteiger partial charge in [-0.05, 0) is 18.2 Å². The maximum absolute atomic E-state index is 12.9. The Balaban J connectivity index is 2.21. The molecule has 0 radical (unpaired) electrons. The Morgan fingerprint density at radius 2 is 2.20 bits per heavy atom. The number of nitrogens with zero attached hydrogens (tertiary/aromatic N) is 1. The topological polar surface area (TPSA) is 103 Å². The van der Waals surface area contributed by atoms with Gasteiger partial charge in [-0.1, -0.05) is 0 Å². The lowest BCUT2D eigenvalue weighted by atomic mass is 10.2. The summed E-state index contributed by atoms with van der Waals surface area (Å²) in [5.74, 6) is -2.51. The molecular weight excluding hydrogens is 273 g/mol. The van der Waals surface area contributed by atoms with E-state index in [4.69, 9.17) is 14.3 Å². The maximum Gasteiger partial charge on any atom is 0.372 e. The summed E-state index contributed by atoms with van der Waals surface area (Å²) in [5.41, 5.74) is -0.318. The molecule has 20 heavy (non-hydrogen) atoms. The lowest BCUT2D eigenvalue weighted by molar-refractivity contribution is -0.386.